The van der Waals surface area contributed by atoms with Crippen LogP contribution in [0.3, 0.4) is 0 Å². The lowest BCUT2D eigenvalue weighted by atomic mass is 10.2. The lowest BCUT2D eigenvalue weighted by Crippen LogP contribution is -2.08. The first-order valence-corrected chi connectivity index (χ1v) is 8.71. The van der Waals surface area contributed by atoms with Gasteiger partial charge in [0.2, 0.25) is 5.91 Å². The fourth-order valence-corrected chi connectivity index (χ4v) is 2.54. The predicted octanol–water partition coefficient (Wildman–Crippen LogP) is 2.75. The van der Waals surface area contributed by atoms with Crippen LogP contribution in [-0.2, 0) is 14.6 Å². The van der Waals surface area contributed by atoms with Gasteiger partial charge in [-0.1, -0.05) is 18.2 Å². The van der Waals surface area contributed by atoms with Crippen LogP contribution >= 0.6 is 0 Å². The minimum Gasteiger partial charge on any atom is -0.497 e. The summed E-state index contributed by atoms with van der Waals surface area (Å²) in [6.07, 6.45) is 4.17. The van der Waals surface area contributed by atoms with E-state index in [1.165, 1.54) is 18.2 Å². The molecule has 0 aliphatic heterocycles. The smallest absolute Gasteiger partial charge is 0.248 e. The van der Waals surface area contributed by atoms with E-state index >= 15 is 0 Å². The zero-order valence-electron chi connectivity index (χ0n) is 12.8. The molecule has 5 nitrogen and oxygen atoms in total. The highest BCUT2D eigenvalue weighted by atomic mass is 32.2. The average Bonchev–Trinajstić information content (AvgIpc) is 2.53. The van der Waals surface area contributed by atoms with Gasteiger partial charge < -0.3 is 10.1 Å². The summed E-state index contributed by atoms with van der Waals surface area (Å²) in [6, 6.07) is 13.4. The number of carbonyl (C=O) groups excluding carboxylic acids is 1. The monoisotopic (exact) mass is 331 g/mol. The van der Waals surface area contributed by atoms with Crippen molar-refractivity contribution >= 4 is 27.5 Å². The second kappa shape index (κ2) is 7.11. The van der Waals surface area contributed by atoms with E-state index in [-0.39, 0.29) is 10.8 Å². The normalized spacial score (nSPS) is 11.4. The lowest BCUT2D eigenvalue weighted by Gasteiger charge is -2.04. The van der Waals surface area contributed by atoms with E-state index in [1.54, 1.807) is 37.5 Å². The van der Waals surface area contributed by atoms with Gasteiger partial charge in [-0.25, -0.2) is 8.42 Å². The Labute approximate surface area is 135 Å². The maximum atomic E-state index is 11.9. The average molecular weight is 331 g/mol. The number of rotatable bonds is 5. The van der Waals surface area contributed by atoms with Gasteiger partial charge in [-0.05, 0) is 42.0 Å². The third-order valence-corrected chi connectivity index (χ3v) is 4.18. The van der Waals surface area contributed by atoms with Gasteiger partial charge in [0.05, 0.1) is 12.0 Å². The Kier molecular flexibility index (Phi) is 5.18. The van der Waals surface area contributed by atoms with Crippen LogP contribution in [0.2, 0.25) is 0 Å². The van der Waals surface area contributed by atoms with Gasteiger partial charge in [-0.15, -0.1) is 0 Å². The number of carbonyl (C=O) groups is 1. The van der Waals surface area contributed by atoms with E-state index in [0.717, 1.165) is 17.6 Å². The molecule has 0 atom stereocenters. The SMILES string of the molecule is COc1ccc(/C=C/C(=O)Nc2cccc(S(C)(=O)=O)c2)cc1. The van der Waals surface area contributed by atoms with Crippen LogP contribution < -0.4 is 10.1 Å². The highest BCUT2D eigenvalue weighted by molar-refractivity contribution is 7.90. The summed E-state index contributed by atoms with van der Waals surface area (Å²) >= 11 is 0. The lowest BCUT2D eigenvalue weighted by molar-refractivity contribution is -0.111. The van der Waals surface area contributed by atoms with Crippen molar-refractivity contribution in [3.63, 3.8) is 0 Å². The van der Waals surface area contributed by atoms with Gasteiger partial charge >= 0.3 is 0 Å². The summed E-state index contributed by atoms with van der Waals surface area (Å²) in [6.45, 7) is 0. The summed E-state index contributed by atoms with van der Waals surface area (Å²) in [4.78, 5) is 12.1. The molecule has 0 aliphatic rings. The molecular weight excluding hydrogens is 314 g/mol. The maximum Gasteiger partial charge on any atom is 0.248 e. The van der Waals surface area contributed by atoms with E-state index in [9.17, 15) is 13.2 Å². The van der Waals surface area contributed by atoms with E-state index in [0.29, 0.717) is 5.69 Å². The zero-order chi connectivity index (χ0) is 16.9. The van der Waals surface area contributed by atoms with Gasteiger partial charge in [0, 0.05) is 18.0 Å². The first-order valence-electron chi connectivity index (χ1n) is 6.82. The molecule has 0 aromatic heterocycles. The molecule has 23 heavy (non-hydrogen) atoms. The fourth-order valence-electron chi connectivity index (χ4n) is 1.88. The van der Waals surface area contributed by atoms with Crippen LogP contribution in [0, 0.1) is 0 Å². The molecule has 0 aliphatic carbocycles. The largest absolute Gasteiger partial charge is 0.497 e. The second-order valence-electron chi connectivity index (χ2n) is 4.90. The van der Waals surface area contributed by atoms with Gasteiger partial charge in [0.1, 0.15) is 5.75 Å². The molecule has 2 aromatic rings. The van der Waals surface area contributed by atoms with Crippen molar-refractivity contribution in [1.29, 1.82) is 0 Å². The van der Waals surface area contributed by atoms with E-state index < -0.39 is 9.84 Å². The first kappa shape index (κ1) is 16.8. The van der Waals surface area contributed by atoms with Crippen LogP contribution in [0.1, 0.15) is 5.56 Å². The van der Waals surface area contributed by atoms with Crippen LogP contribution in [0.25, 0.3) is 6.08 Å². The first-order chi connectivity index (χ1) is 10.9. The Hall–Kier alpha value is -2.60. The van der Waals surface area contributed by atoms with E-state index in [1.807, 2.05) is 12.1 Å². The van der Waals surface area contributed by atoms with Crippen LogP contribution in [0.15, 0.2) is 59.5 Å². The number of amides is 1. The standard InChI is InChI=1S/C17H17NO4S/c1-22-15-9-6-13(7-10-15)8-11-17(19)18-14-4-3-5-16(12-14)23(2,20)21/h3-12H,1-2H3,(H,18,19)/b11-8+. The van der Waals surface area contributed by atoms with E-state index in [2.05, 4.69) is 5.32 Å². The Morgan fingerprint density at radius 2 is 1.83 bits per heavy atom. The van der Waals surface area contributed by atoms with Crippen LogP contribution in [-0.4, -0.2) is 27.7 Å². The van der Waals surface area contributed by atoms with Crippen molar-refractivity contribution in [3.05, 3.63) is 60.2 Å². The Bertz CT molecular complexity index is 824. The molecular formula is C17H17NO4S. The molecule has 0 radical (unpaired) electrons. The van der Waals surface area contributed by atoms with Gasteiger partial charge in [-0.3, -0.25) is 4.79 Å². The molecule has 0 saturated carbocycles. The zero-order valence-corrected chi connectivity index (χ0v) is 13.6. The number of ether oxygens (including phenoxy) is 1. The molecule has 2 rings (SSSR count). The van der Waals surface area contributed by atoms with Crippen molar-refractivity contribution in [3.8, 4) is 5.75 Å². The number of hydrogen-bond donors (Lipinski definition) is 1. The summed E-state index contributed by atoms with van der Waals surface area (Å²) in [7, 11) is -1.72. The number of nitrogens with one attached hydrogen (secondary N) is 1. The predicted molar refractivity (Wildman–Crippen MR) is 90.2 cm³/mol. The molecule has 1 amide bonds. The molecule has 0 saturated heterocycles. The summed E-state index contributed by atoms with van der Waals surface area (Å²) in [5, 5.41) is 2.63. The molecule has 0 fully saturated rings. The van der Waals surface area contributed by atoms with Gasteiger partial charge in [0.25, 0.3) is 0 Å². The number of methoxy groups -OCH3 is 1. The number of sulfone groups is 1. The highest BCUT2D eigenvalue weighted by Gasteiger charge is 2.08. The highest BCUT2D eigenvalue weighted by Crippen LogP contribution is 2.16. The van der Waals surface area contributed by atoms with E-state index in [4.69, 9.17) is 4.74 Å². The molecule has 0 spiro atoms. The third kappa shape index (κ3) is 4.96. The fraction of sp³-hybridized carbons (Fsp3) is 0.118. The second-order valence-corrected chi connectivity index (χ2v) is 6.91. The topological polar surface area (TPSA) is 72.5 Å². The minimum absolute atomic E-state index is 0.162. The van der Waals surface area contributed by atoms with Crippen LogP contribution in [0.4, 0.5) is 5.69 Å². The summed E-state index contributed by atoms with van der Waals surface area (Å²) in [5.74, 6) is 0.399. The number of hydrogen-bond acceptors (Lipinski definition) is 4. The number of benzene rings is 2. The van der Waals surface area contributed by atoms with Crippen molar-refractivity contribution in [2.45, 2.75) is 4.90 Å². The molecule has 0 heterocycles. The third-order valence-electron chi connectivity index (χ3n) is 3.07. The minimum atomic E-state index is -3.30. The molecule has 6 heteroatoms. The maximum absolute atomic E-state index is 11.9. The van der Waals surface area contributed by atoms with Gasteiger partial charge in [0.15, 0.2) is 9.84 Å². The van der Waals surface area contributed by atoms with Crippen LogP contribution in [0.5, 0.6) is 5.75 Å². The Morgan fingerprint density at radius 3 is 2.43 bits per heavy atom. The molecule has 0 bridgehead atoms. The molecule has 1 N–H and O–H groups in total. The molecule has 2 aromatic carbocycles. The molecule has 120 valence electrons. The van der Waals surface area contributed by atoms with Crippen molar-refractivity contribution < 1.29 is 17.9 Å². The van der Waals surface area contributed by atoms with Crippen molar-refractivity contribution in [2.24, 2.45) is 0 Å². The molecule has 0 unspecified atom stereocenters. The Balaban J connectivity index is 2.05. The quantitative estimate of drug-likeness (QED) is 0.855. The van der Waals surface area contributed by atoms with Crippen molar-refractivity contribution in [2.75, 3.05) is 18.7 Å². The van der Waals surface area contributed by atoms with Gasteiger partial charge in [-0.2, -0.15) is 0 Å². The summed E-state index contributed by atoms with van der Waals surface area (Å²) in [5.41, 5.74) is 1.28. The number of anilines is 1. The van der Waals surface area contributed by atoms with Crippen molar-refractivity contribution in [1.82, 2.24) is 0 Å². The Morgan fingerprint density at radius 1 is 1.13 bits per heavy atom. The summed E-state index contributed by atoms with van der Waals surface area (Å²) < 4.78 is 28.1.